The van der Waals surface area contributed by atoms with Crippen molar-refractivity contribution in [1.82, 2.24) is 15.3 Å². The molecule has 2 aromatic heterocycles. The molecule has 2 heterocycles. The zero-order chi connectivity index (χ0) is 28.5. The van der Waals surface area contributed by atoms with Crippen LogP contribution in [0.15, 0.2) is 42.7 Å². The molecule has 5 atom stereocenters. The summed E-state index contributed by atoms with van der Waals surface area (Å²) in [5.41, 5.74) is 2.05. The molecule has 1 aromatic carbocycles. The number of fused-ring (bicyclic) bond motifs is 2. The highest BCUT2D eigenvalue weighted by Gasteiger charge is 2.59. The van der Waals surface area contributed by atoms with Gasteiger partial charge in [0.2, 0.25) is 5.91 Å². The highest BCUT2D eigenvalue weighted by atomic mass is 32.1. The molecule has 0 spiro atoms. The molecule has 2 aliphatic rings. The van der Waals surface area contributed by atoms with Gasteiger partial charge in [-0.2, -0.15) is 0 Å². The predicted octanol–water partition coefficient (Wildman–Crippen LogP) is 4.39. The van der Waals surface area contributed by atoms with Crippen molar-refractivity contribution in [3.05, 3.63) is 58.9 Å². The number of pyridine rings is 1. The standard InChI is InChI=1S/C31H39N3O5S/c1-30-11-9-26(36)31(2,18-35)25(30)16-24-28(34-29(40-24)20-6-5-12-32-17-20)21(30)15-27(37)33-13-10-19-7-8-22(38-3)23(14-19)39-4/h5-8,12,14,17,21,25-26,35-36H,9-11,13,15-16,18H2,1-4H3,(H,33,37)/t21-,25+,26-,30+,31+/m1/s1. The van der Waals surface area contributed by atoms with Crippen LogP contribution in [0, 0.1) is 16.7 Å². The normalized spacial score (nSPS) is 27.4. The highest BCUT2D eigenvalue weighted by molar-refractivity contribution is 7.15. The lowest BCUT2D eigenvalue weighted by Gasteiger charge is -2.58. The molecule has 8 nitrogen and oxygen atoms in total. The van der Waals surface area contributed by atoms with Gasteiger partial charge in [-0.05, 0) is 66.8 Å². The lowest BCUT2D eigenvalue weighted by molar-refractivity contribution is -0.144. The number of aliphatic hydroxyl groups excluding tert-OH is 2. The number of ether oxygens (including phenoxy) is 2. The molecule has 9 heteroatoms. The Bertz CT molecular complexity index is 1350. The molecule has 5 rings (SSSR count). The second-order valence-corrected chi connectivity index (χ2v) is 12.7. The number of aliphatic hydroxyl groups is 2. The number of carbonyl (C=O) groups excluding carboxylic acids is 1. The van der Waals surface area contributed by atoms with Crippen molar-refractivity contribution in [2.75, 3.05) is 27.4 Å². The quantitative estimate of drug-likeness (QED) is 0.353. The zero-order valence-electron chi connectivity index (χ0n) is 23.6. The van der Waals surface area contributed by atoms with Crippen molar-refractivity contribution in [2.24, 2.45) is 16.7 Å². The van der Waals surface area contributed by atoms with E-state index in [0.29, 0.717) is 37.3 Å². The Morgan fingerprint density at radius 2 is 2.00 bits per heavy atom. The third-order valence-electron chi connectivity index (χ3n) is 9.38. The van der Waals surface area contributed by atoms with Crippen molar-refractivity contribution >= 4 is 17.2 Å². The zero-order valence-corrected chi connectivity index (χ0v) is 24.5. The number of nitrogens with one attached hydrogen (secondary N) is 1. The van der Waals surface area contributed by atoms with Crippen LogP contribution in [-0.2, 0) is 17.6 Å². The van der Waals surface area contributed by atoms with Crippen LogP contribution < -0.4 is 14.8 Å². The Kier molecular flexibility index (Phi) is 8.17. The third-order valence-corrected chi connectivity index (χ3v) is 10.5. The number of amides is 1. The SMILES string of the molecule is COc1ccc(CCNC(=O)C[C@@H]2c3nc(-c4cccnc4)sc3C[C@@H]3[C@](C)(CO)[C@H](O)CC[C@]32C)cc1OC. The van der Waals surface area contributed by atoms with Gasteiger partial charge >= 0.3 is 0 Å². The molecule has 2 aliphatic carbocycles. The first-order valence-corrected chi connectivity index (χ1v) is 14.7. The molecule has 1 fully saturated rings. The Morgan fingerprint density at radius 1 is 1.20 bits per heavy atom. The number of hydrogen-bond acceptors (Lipinski definition) is 8. The van der Waals surface area contributed by atoms with Gasteiger partial charge in [0, 0.05) is 47.1 Å². The Morgan fingerprint density at radius 3 is 2.70 bits per heavy atom. The van der Waals surface area contributed by atoms with E-state index in [4.69, 9.17) is 14.5 Å². The Labute approximate surface area is 239 Å². The van der Waals surface area contributed by atoms with E-state index in [2.05, 4.69) is 17.2 Å². The minimum atomic E-state index is -0.648. The van der Waals surface area contributed by atoms with E-state index in [1.54, 1.807) is 31.8 Å². The van der Waals surface area contributed by atoms with Crippen LogP contribution in [0.1, 0.15) is 55.2 Å². The molecule has 0 bridgehead atoms. The van der Waals surface area contributed by atoms with E-state index in [-0.39, 0.29) is 29.8 Å². The van der Waals surface area contributed by atoms with Crippen molar-refractivity contribution in [3.63, 3.8) is 0 Å². The van der Waals surface area contributed by atoms with Crippen molar-refractivity contribution < 1.29 is 24.5 Å². The average Bonchev–Trinajstić information content (AvgIpc) is 3.40. The minimum Gasteiger partial charge on any atom is -0.493 e. The van der Waals surface area contributed by atoms with E-state index in [1.807, 2.05) is 43.5 Å². The smallest absolute Gasteiger partial charge is 0.220 e. The summed E-state index contributed by atoms with van der Waals surface area (Å²) in [7, 11) is 3.22. The van der Waals surface area contributed by atoms with Crippen LogP contribution in [0.3, 0.4) is 0 Å². The summed E-state index contributed by atoms with van der Waals surface area (Å²) >= 11 is 1.64. The fourth-order valence-corrected chi connectivity index (χ4v) is 8.06. The van der Waals surface area contributed by atoms with Gasteiger partial charge in [0.25, 0.3) is 0 Å². The van der Waals surface area contributed by atoms with Crippen molar-refractivity contribution in [2.45, 2.75) is 58.0 Å². The molecule has 40 heavy (non-hydrogen) atoms. The maximum absolute atomic E-state index is 13.4. The van der Waals surface area contributed by atoms with Crippen LogP contribution in [0.2, 0.25) is 0 Å². The second-order valence-electron chi connectivity index (χ2n) is 11.6. The lowest BCUT2D eigenvalue weighted by Crippen LogP contribution is -2.57. The summed E-state index contributed by atoms with van der Waals surface area (Å²) in [5, 5.41) is 25.5. The van der Waals surface area contributed by atoms with E-state index in [1.165, 1.54) is 0 Å². The molecule has 1 saturated carbocycles. The average molecular weight is 566 g/mol. The number of benzene rings is 1. The van der Waals surface area contributed by atoms with Crippen LogP contribution in [0.25, 0.3) is 10.6 Å². The summed E-state index contributed by atoms with van der Waals surface area (Å²) in [6, 6.07) is 9.69. The van der Waals surface area contributed by atoms with Gasteiger partial charge in [0.15, 0.2) is 11.5 Å². The van der Waals surface area contributed by atoms with Gasteiger partial charge in [-0.25, -0.2) is 4.98 Å². The number of nitrogens with zero attached hydrogens (tertiary/aromatic N) is 2. The predicted molar refractivity (Wildman–Crippen MR) is 155 cm³/mol. The fourth-order valence-electron chi connectivity index (χ4n) is 6.90. The molecule has 1 amide bonds. The van der Waals surface area contributed by atoms with E-state index in [9.17, 15) is 15.0 Å². The number of carbonyl (C=O) groups is 1. The number of hydrogen-bond donors (Lipinski definition) is 3. The molecular weight excluding hydrogens is 526 g/mol. The summed E-state index contributed by atoms with van der Waals surface area (Å²) < 4.78 is 10.7. The van der Waals surface area contributed by atoms with Crippen molar-refractivity contribution in [3.8, 4) is 22.1 Å². The molecule has 214 valence electrons. The highest BCUT2D eigenvalue weighted by Crippen LogP contribution is 2.62. The molecule has 0 radical (unpaired) electrons. The largest absolute Gasteiger partial charge is 0.493 e. The van der Waals surface area contributed by atoms with Gasteiger partial charge in [-0.3, -0.25) is 9.78 Å². The fraction of sp³-hybridized carbons (Fsp3) is 0.516. The summed E-state index contributed by atoms with van der Waals surface area (Å²) in [4.78, 5) is 23.9. The monoisotopic (exact) mass is 565 g/mol. The molecule has 0 aliphatic heterocycles. The maximum Gasteiger partial charge on any atom is 0.220 e. The lowest BCUT2D eigenvalue weighted by atomic mass is 9.47. The summed E-state index contributed by atoms with van der Waals surface area (Å²) in [6.45, 7) is 4.63. The minimum absolute atomic E-state index is 0.0213. The Hall–Kier alpha value is -3.01. The van der Waals surface area contributed by atoms with E-state index < -0.39 is 11.5 Å². The number of thiazole rings is 1. The first-order chi connectivity index (χ1) is 19.2. The molecular formula is C31H39N3O5S. The molecule has 0 unspecified atom stereocenters. The van der Waals surface area contributed by atoms with Gasteiger partial charge < -0.3 is 25.0 Å². The number of aromatic nitrogens is 2. The van der Waals surface area contributed by atoms with Gasteiger partial charge in [0.1, 0.15) is 5.01 Å². The van der Waals surface area contributed by atoms with Crippen LogP contribution in [-0.4, -0.2) is 59.6 Å². The van der Waals surface area contributed by atoms with Crippen LogP contribution >= 0.6 is 11.3 Å². The second kappa shape index (κ2) is 11.5. The topological polar surface area (TPSA) is 114 Å². The van der Waals surface area contributed by atoms with Crippen LogP contribution in [0.5, 0.6) is 11.5 Å². The first-order valence-electron chi connectivity index (χ1n) is 13.9. The number of rotatable bonds is 9. The first kappa shape index (κ1) is 28.5. The molecule has 0 saturated heterocycles. The Balaban J connectivity index is 1.39. The summed E-state index contributed by atoms with van der Waals surface area (Å²) in [5.74, 6) is 1.22. The molecule has 3 aromatic rings. The van der Waals surface area contributed by atoms with E-state index in [0.717, 1.165) is 39.5 Å². The van der Waals surface area contributed by atoms with Gasteiger partial charge in [-0.15, -0.1) is 11.3 Å². The van der Waals surface area contributed by atoms with Crippen molar-refractivity contribution in [1.29, 1.82) is 0 Å². The maximum atomic E-state index is 13.4. The van der Waals surface area contributed by atoms with Crippen LogP contribution in [0.4, 0.5) is 0 Å². The third kappa shape index (κ3) is 5.10. The van der Waals surface area contributed by atoms with Gasteiger partial charge in [-0.1, -0.05) is 19.9 Å². The molecule has 3 N–H and O–H groups in total. The van der Waals surface area contributed by atoms with E-state index >= 15 is 0 Å². The van der Waals surface area contributed by atoms with Gasteiger partial charge in [0.05, 0.1) is 32.6 Å². The number of methoxy groups -OCH3 is 2. The summed E-state index contributed by atoms with van der Waals surface area (Å²) in [6.07, 6.45) is 6.05.